The minimum absolute atomic E-state index is 0.0533. The quantitative estimate of drug-likeness (QED) is 0.799. The van der Waals surface area contributed by atoms with Crippen LogP contribution in [0.3, 0.4) is 0 Å². The lowest BCUT2D eigenvalue weighted by Gasteiger charge is -2.25. The van der Waals surface area contributed by atoms with E-state index in [-0.39, 0.29) is 19.1 Å². The molecule has 0 unspecified atom stereocenters. The summed E-state index contributed by atoms with van der Waals surface area (Å²) in [6, 6.07) is 14.6. The lowest BCUT2D eigenvalue weighted by Crippen LogP contribution is -2.40. The van der Waals surface area contributed by atoms with E-state index in [4.69, 9.17) is 14.2 Å². The Labute approximate surface area is 145 Å². The summed E-state index contributed by atoms with van der Waals surface area (Å²) >= 11 is 0. The molecule has 0 saturated heterocycles. The van der Waals surface area contributed by atoms with Crippen LogP contribution < -0.4 is 14.4 Å². The maximum absolute atomic E-state index is 12.2. The molecule has 1 amide bonds. The van der Waals surface area contributed by atoms with Crippen molar-refractivity contribution in [1.29, 1.82) is 0 Å². The van der Waals surface area contributed by atoms with Crippen LogP contribution in [0.5, 0.6) is 11.5 Å². The summed E-state index contributed by atoms with van der Waals surface area (Å²) in [5, 5.41) is 0. The molecule has 0 aliphatic carbocycles. The molecule has 2 aromatic carbocycles. The first-order chi connectivity index (χ1) is 12.0. The zero-order chi connectivity index (χ0) is 17.8. The van der Waals surface area contributed by atoms with Gasteiger partial charge in [0.1, 0.15) is 6.61 Å². The highest BCUT2D eigenvalue weighted by Crippen LogP contribution is 2.31. The molecule has 6 nitrogen and oxygen atoms in total. The van der Waals surface area contributed by atoms with Crippen molar-refractivity contribution in [2.24, 2.45) is 0 Å². The molecule has 0 fully saturated rings. The van der Waals surface area contributed by atoms with Crippen LogP contribution >= 0.6 is 0 Å². The molecule has 1 heterocycles. The average molecular weight is 341 g/mol. The first kappa shape index (κ1) is 16.8. The highest BCUT2D eigenvalue weighted by molar-refractivity contribution is 5.95. The van der Waals surface area contributed by atoms with Crippen LogP contribution in [0.2, 0.25) is 0 Å². The average Bonchev–Trinajstić information content (AvgIpc) is 2.64. The fraction of sp³-hybridized carbons (Fsp3) is 0.263. The number of likely N-dealkylation sites (N-methyl/N-ethyl adjacent to an activating group) is 1. The minimum atomic E-state index is -0.882. The zero-order valence-electron chi connectivity index (χ0n) is 14.1. The van der Waals surface area contributed by atoms with Crippen LogP contribution in [0.15, 0.2) is 48.5 Å². The predicted molar refractivity (Wildman–Crippen MR) is 91.9 cm³/mol. The molecule has 6 heteroatoms. The number of hydrogen-bond donors (Lipinski definition) is 0. The van der Waals surface area contributed by atoms with Gasteiger partial charge in [0.25, 0.3) is 5.91 Å². The lowest BCUT2D eigenvalue weighted by atomic mass is 10.2. The fourth-order valence-electron chi connectivity index (χ4n) is 2.44. The molecule has 25 heavy (non-hydrogen) atoms. The molecule has 130 valence electrons. The van der Waals surface area contributed by atoms with Crippen molar-refractivity contribution in [2.45, 2.75) is 13.0 Å². The normalized spacial score (nSPS) is 15.4. The molecule has 0 saturated carbocycles. The maximum atomic E-state index is 12.2. The minimum Gasteiger partial charge on any atom is -0.485 e. The molecule has 0 bridgehead atoms. The third-order valence-electron chi connectivity index (χ3n) is 3.87. The van der Waals surface area contributed by atoms with Crippen LogP contribution in [0.4, 0.5) is 5.69 Å². The second-order valence-electron chi connectivity index (χ2n) is 5.76. The van der Waals surface area contributed by atoms with E-state index >= 15 is 0 Å². The SMILES string of the molecule is Cc1cccc(N(C)C(=O)COC(=O)[C@H]2COc3ccccc3O2)c1. The largest absolute Gasteiger partial charge is 0.485 e. The van der Waals surface area contributed by atoms with E-state index in [1.165, 1.54) is 4.90 Å². The Morgan fingerprint density at radius 3 is 2.68 bits per heavy atom. The van der Waals surface area contributed by atoms with Crippen molar-refractivity contribution < 1.29 is 23.8 Å². The number of esters is 1. The molecule has 0 N–H and O–H groups in total. The molecule has 1 aliphatic heterocycles. The van der Waals surface area contributed by atoms with Crippen molar-refractivity contribution in [3.63, 3.8) is 0 Å². The van der Waals surface area contributed by atoms with Crippen LogP contribution in [0, 0.1) is 6.92 Å². The summed E-state index contributed by atoms with van der Waals surface area (Å²) < 4.78 is 16.1. The number of hydrogen-bond acceptors (Lipinski definition) is 5. The second kappa shape index (κ2) is 7.25. The zero-order valence-corrected chi connectivity index (χ0v) is 14.1. The summed E-state index contributed by atoms with van der Waals surface area (Å²) in [4.78, 5) is 25.8. The number of fused-ring (bicyclic) bond motifs is 1. The summed E-state index contributed by atoms with van der Waals surface area (Å²) in [7, 11) is 1.64. The fourth-order valence-corrected chi connectivity index (χ4v) is 2.44. The topological polar surface area (TPSA) is 65.1 Å². The summed E-state index contributed by atoms with van der Waals surface area (Å²) in [5.74, 6) is 0.122. The Bertz CT molecular complexity index is 789. The van der Waals surface area contributed by atoms with Crippen LogP contribution in [0.25, 0.3) is 0 Å². The monoisotopic (exact) mass is 341 g/mol. The predicted octanol–water partition coefficient (Wildman–Crippen LogP) is 2.34. The van der Waals surface area contributed by atoms with Crippen molar-refractivity contribution in [3.05, 3.63) is 54.1 Å². The van der Waals surface area contributed by atoms with Gasteiger partial charge >= 0.3 is 5.97 Å². The van der Waals surface area contributed by atoms with Crippen molar-refractivity contribution in [1.82, 2.24) is 0 Å². The van der Waals surface area contributed by atoms with Gasteiger partial charge in [0.2, 0.25) is 6.10 Å². The van der Waals surface area contributed by atoms with Crippen molar-refractivity contribution in [3.8, 4) is 11.5 Å². The Morgan fingerprint density at radius 2 is 1.92 bits per heavy atom. The van der Waals surface area contributed by atoms with Gasteiger partial charge in [0.15, 0.2) is 18.1 Å². The Morgan fingerprint density at radius 1 is 1.16 bits per heavy atom. The van der Waals surface area contributed by atoms with E-state index in [0.29, 0.717) is 11.5 Å². The van der Waals surface area contributed by atoms with Gasteiger partial charge in [-0.25, -0.2) is 4.79 Å². The molecule has 1 atom stereocenters. The van der Waals surface area contributed by atoms with Gasteiger partial charge in [0.05, 0.1) is 0 Å². The summed E-state index contributed by atoms with van der Waals surface area (Å²) in [6.45, 7) is 1.64. The number of para-hydroxylation sites is 2. The molecule has 2 aromatic rings. The highest BCUT2D eigenvalue weighted by Gasteiger charge is 2.29. The standard InChI is InChI=1S/C19H19NO5/c1-13-6-5-7-14(10-13)20(2)18(21)12-24-19(22)17-11-23-15-8-3-4-9-16(15)25-17/h3-10,17H,11-12H2,1-2H3/t17-/m1/s1. The van der Waals surface area contributed by atoms with Gasteiger partial charge in [-0.05, 0) is 36.8 Å². The first-order valence-electron chi connectivity index (χ1n) is 7.93. The van der Waals surface area contributed by atoms with E-state index in [1.807, 2.05) is 37.3 Å². The number of aryl methyl sites for hydroxylation is 1. The molecule has 0 aromatic heterocycles. The Hall–Kier alpha value is -3.02. The van der Waals surface area contributed by atoms with Crippen LogP contribution in [-0.4, -0.2) is 38.2 Å². The van der Waals surface area contributed by atoms with E-state index in [2.05, 4.69) is 0 Å². The number of nitrogens with zero attached hydrogens (tertiary/aromatic N) is 1. The summed E-state index contributed by atoms with van der Waals surface area (Å²) in [6.07, 6.45) is -0.882. The third-order valence-corrected chi connectivity index (χ3v) is 3.87. The van der Waals surface area contributed by atoms with Gasteiger partial charge in [-0.15, -0.1) is 0 Å². The van der Waals surface area contributed by atoms with Crippen molar-refractivity contribution >= 4 is 17.6 Å². The van der Waals surface area contributed by atoms with Crippen LogP contribution in [0.1, 0.15) is 5.56 Å². The van der Waals surface area contributed by atoms with E-state index in [9.17, 15) is 9.59 Å². The van der Waals surface area contributed by atoms with Crippen LogP contribution in [-0.2, 0) is 14.3 Å². The Kier molecular flexibility index (Phi) is 4.88. The van der Waals surface area contributed by atoms with Gasteiger partial charge in [-0.1, -0.05) is 24.3 Å². The Balaban J connectivity index is 1.55. The van der Waals surface area contributed by atoms with E-state index in [1.54, 1.807) is 25.2 Å². The molecular weight excluding hydrogens is 322 g/mol. The van der Waals surface area contributed by atoms with Crippen molar-refractivity contribution in [2.75, 3.05) is 25.2 Å². The third kappa shape index (κ3) is 3.91. The molecule has 1 aliphatic rings. The summed E-state index contributed by atoms with van der Waals surface area (Å²) in [5.41, 5.74) is 1.78. The number of anilines is 1. The first-order valence-corrected chi connectivity index (χ1v) is 7.93. The number of carbonyl (C=O) groups excluding carboxylic acids is 2. The van der Waals surface area contributed by atoms with E-state index in [0.717, 1.165) is 11.3 Å². The second-order valence-corrected chi connectivity index (χ2v) is 5.76. The van der Waals surface area contributed by atoms with Gasteiger partial charge in [-0.2, -0.15) is 0 Å². The number of rotatable bonds is 4. The van der Waals surface area contributed by atoms with Gasteiger partial charge in [-0.3, -0.25) is 4.79 Å². The number of benzene rings is 2. The molecule has 0 spiro atoms. The molecular formula is C19H19NO5. The number of carbonyl (C=O) groups is 2. The maximum Gasteiger partial charge on any atom is 0.351 e. The van der Waals surface area contributed by atoms with E-state index < -0.39 is 12.1 Å². The number of amides is 1. The lowest BCUT2D eigenvalue weighted by molar-refractivity contribution is -0.157. The highest BCUT2D eigenvalue weighted by atomic mass is 16.6. The molecule has 3 rings (SSSR count). The smallest absolute Gasteiger partial charge is 0.351 e. The van der Waals surface area contributed by atoms with Gasteiger partial charge in [0, 0.05) is 12.7 Å². The number of ether oxygens (including phenoxy) is 3. The molecule has 0 radical (unpaired) electrons. The van der Waals surface area contributed by atoms with Gasteiger partial charge < -0.3 is 19.1 Å².